The van der Waals surface area contributed by atoms with Crippen molar-refractivity contribution in [3.63, 3.8) is 0 Å². The quantitative estimate of drug-likeness (QED) is 0.455. The van der Waals surface area contributed by atoms with E-state index >= 15 is 0 Å². The van der Waals surface area contributed by atoms with Crippen molar-refractivity contribution in [2.24, 2.45) is 5.92 Å². The maximum absolute atomic E-state index is 12.6. The molecule has 1 aliphatic carbocycles. The van der Waals surface area contributed by atoms with Crippen molar-refractivity contribution >= 4 is 29.1 Å². The van der Waals surface area contributed by atoms with Gasteiger partial charge in [-0.3, -0.25) is 14.4 Å². The molecule has 0 fully saturated rings. The van der Waals surface area contributed by atoms with Gasteiger partial charge in [0.15, 0.2) is 11.6 Å². The number of hydrogen-bond acceptors (Lipinski definition) is 4. The molecule has 0 aliphatic heterocycles. The van der Waals surface area contributed by atoms with Crippen LogP contribution in [0.4, 0.5) is 13.2 Å². The van der Waals surface area contributed by atoms with Gasteiger partial charge in [-0.25, -0.2) is 0 Å². The van der Waals surface area contributed by atoms with Crippen LogP contribution in [0.2, 0.25) is 0 Å². The fourth-order valence-corrected chi connectivity index (χ4v) is 2.88. The Bertz CT molecular complexity index is 735. The smallest absolute Gasteiger partial charge is 0.416 e. The Morgan fingerprint density at radius 3 is 2.28 bits per heavy atom. The molecule has 1 unspecified atom stereocenters. The summed E-state index contributed by atoms with van der Waals surface area (Å²) in [4.78, 5) is 36.4. The lowest BCUT2D eigenvalue weighted by molar-refractivity contribution is -0.149. The largest absolute Gasteiger partial charge is 0.466 e. The van der Waals surface area contributed by atoms with Crippen molar-refractivity contribution in [3.05, 3.63) is 46.0 Å². The van der Waals surface area contributed by atoms with Crippen molar-refractivity contribution < 1.29 is 32.3 Å². The molecule has 0 saturated heterocycles. The zero-order valence-electron chi connectivity index (χ0n) is 13.2. The highest BCUT2D eigenvalue weighted by Crippen LogP contribution is 2.33. The van der Waals surface area contributed by atoms with Crippen LogP contribution in [0.1, 0.15) is 35.7 Å². The van der Waals surface area contributed by atoms with Crippen molar-refractivity contribution in [1.29, 1.82) is 0 Å². The number of carbonyl (C=O) groups is 3. The lowest BCUT2D eigenvalue weighted by atomic mass is 9.85. The van der Waals surface area contributed by atoms with Crippen molar-refractivity contribution in [3.8, 4) is 0 Å². The maximum Gasteiger partial charge on any atom is 0.416 e. The average molecular weight is 375 g/mol. The number of benzene rings is 1. The first-order chi connectivity index (χ1) is 11.6. The predicted octanol–water partition coefficient (Wildman–Crippen LogP) is 3.92. The third kappa shape index (κ3) is 4.28. The van der Waals surface area contributed by atoms with E-state index in [-0.39, 0.29) is 35.6 Å². The summed E-state index contributed by atoms with van der Waals surface area (Å²) in [7, 11) is 0. The van der Waals surface area contributed by atoms with Gasteiger partial charge in [0, 0.05) is 17.0 Å². The lowest BCUT2D eigenvalue weighted by Crippen LogP contribution is -2.28. The van der Waals surface area contributed by atoms with Crippen molar-refractivity contribution in [2.75, 3.05) is 6.61 Å². The lowest BCUT2D eigenvalue weighted by Gasteiger charge is -2.21. The highest BCUT2D eigenvalue weighted by Gasteiger charge is 2.36. The number of alkyl halides is 3. The number of Topliss-reactive ketones (excluding diaryl/α,β-unsaturated/α-hetero) is 2. The Morgan fingerprint density at radius 1 is 1.20 bits per heavy atom. The summed E-state index contributed by atoms with van der Waals surface area (Å²) in [6.07, 6.45) is -4.77. The Hall–Kier alpha value is -2.15. The molecule has 0 radical (unpaired) electrons. The Balaban J connectivity index is 2.25. The molecule has 1 aromatic carbocycles. The second-order valence-electron chi connectivity index (χ2n) is 5.46. The zero-order valence-corrected chi connectivity index (χ0v) is 13.9. The highest BCUT2D eigenvalue weighted by atomic mass is 35.5. The topological polar surface area (TPSA) is 60.4 Å². The molecule has 0 bridgehead atoms. The normalized spacial score (nSPS) is 18.3. The molecule has 25 heavy (non-hydrogen) atoms. The molecule has 8 heteroatoms. The van der Waals surface area contributed by atoms with E-state index in [1.165, 1.54) is 0 Å². The van der Waals surface area contributed by atoms with Crippen molar-refractivity contribution in [1.82, 2.24) is 0 Å². The summed E-state index contributed by atoms with van der Waals surface area (Å²) >= 11 is 6.02. The van der Waals surface area contributed by atoms with E-state index in [2.05, 4.69) is 0 Å². The van der Waals surface area contributed by atoms with Gasteiger partial charge >= 0.3 is 12.1 Å². The molecule has 134 valence electrons. The molecule has 4 nitrogen and oxygen atoms in total. The van der Waals surface area contributed by atoms with Crippen LogP contribution in [0.3, 0.4) is 0 Å². The van der Waals surface area contributed by atoms with Crippen LogP contribution in [0, 0.1) is 5.92 Å². The van der Waals surface area contributed by atoms with Gasteiger partial charge in [0.1, 0.15) is 0 Å². The molecule has 1 aliphatic rings. The van der Waals surface area contributed by atoms with Gasteiger partial charge in [0.25, 0.3) is 0 Å². The van der Waals surface area contributed by atoms with E-state index in [1.54, 1.807) is 6.92 Å². The first-order valence-electron chi connectivity index (χ1n) is 7.45. The number of ketones is 2. The standard InChI is InChI=1S/C17H14ClF3O4/c1-2-25-16(24)10-7-12(18)14(13(22)8-10)15(23)9-3-5-11(6-4-9)17(19,20)21/h3-6,10H,2,7-8H2,1H3. The summed E-state index contributed by atoms with van der Waals surface area (Å²) in [5.41, 5.74) is -1.27. The van der Waals surface area contributed by atoms with Gasteiger partial charge < -0.3 is 4.74 Å². The second-order valence-corrected chi connectivity index (χ2v) is 5.92. The molecule has 0 amide bonds. The molecular weight excluding hydrogens is 361 g/mol. The van der Waals surface area contributed by atoms with Gasteiger partial charge in [-0.2, -0.15) is 13.2 Å². The second kappa shape index (κ2) is 7.39. The molecule has 0 heterocycles. The highest BCUT2D eigenvalue weighted by molar-refractivity contribution is 6.39. The average Bonchev–Trinajstić information content (AvgIpc) is 2.53. The minimum absolute atomic E-state index is 0.0200. The Labute approximate surface area is 146 Å². The Morgan fingerprint density at radius 2 is 1.80 bits per heavy atom. The molecular formula is C17H14ClF3O4. The SMILES string of the molecule is CCOC(=O)C1CC(=O)C(C(=O)c2ccc(C(F)(F)F)cc2)=C(Cl)C1. The molecule has 1 atom stereocenters. The summed E-state index contributed by atoms with van der Waals surface area (Å²) in [5, 5.41) is -0.0841. The molecule has 0 aromatic heterocycles. The number of esters is 1. The van der Waals surface area contributed by atoms with Gasteiger partial charge in [-0.15, -0.1) is 0 Å². The van der Waals surface area contributed by atoms with Crippen LogP contribution in [0.25, 0.3) is 0 Å². The van der Waals surface area contributed by atoms with Crippen molar-refractivity contribution in [2.45, 2.75) is 25.9 Å². The zero-order chi connectivity index (χ0) is 18.8. The van der Waals surface area contributed by atoms with Crippen LogP contribution in [-0.4, -0.2) is 24.1 Å². The van der Waals surface area contributed by atoms with Crippen LogP contribution in [0.15, 0.2) is 34.9 Å². The molecule has 0 spiro atoms. The first-order valence-corrected chi connectivity index (χ1v) is 7.83. The minimum Gasteiger partial charge on any atom is -0.466 e. The van der Waals surface area contributed by atoms with Gasteiger partial charge in [0.2, 0.25) is 0 Å². The monoisotopic (exact) mass is 374 g/mol. The summed E-state index contributed by atoms with van der Waals surface area (Å²) < 4.78 is 42.5. The minimum atomic E-state index is -4.52. The van der Waals surface area contributed by atoms with Crippen LogP contribution in [-0.2, 0) is 20.5 Å². The van der Waals surface area contributed by atoms with Crippen LogP contribution in [0.5, 0.6) is 0 Å². The molecule has 0 saturated carbocycles. The fraction of sp³-hybridized carbons (Fsp3) is 0.353. The number of ether oxygens (including phenoxy) is 1. The fourth-order valence-electron chi connectivity index (χ4n) is 2.50. The van der Waals surface area contributed by atoms with E-state index in [0.29, 0.717) is 0 Å². The molecule has 2 rings (SSSR count). The number of allylic oxidation sites excluding steroid dienone is 2. The van der Waals surface area contributed by atoms with E-state index in [1.807, 2.05) is 0 Å². The number of carbonyl (C=O) groups excluding carboxylic acids is 3. The van der Waals surface area contributed by atoms with E-state index in [0.717, 1.165) is 24.3 Å². The Kier molecular flexibility index (Phi) is 5.67. The molecule has 0 N–H and O–H groups in total. The van der Waals surface area contributed by atoms with Crippen LogP contribution >= 0.6 is 11.6 Å². The van der Waals surface area contributed by atoms with Gasteiger partial charge in [0.05, 0.1) is 23.7 Å². The third-order valence-corrected chi connectivity index (χ3v) is 4.07. The maximum atomic E-state index is 12.6. The predicted molar refractivity (Wildman–Crippen MR) is 83.0 cm³/mol. The van der Waals surface area contributed by atoms with E-state index in [9.17, 15) is 27.6 Å². The summed E-state index contributed by atoms with van der Waals surface area (Å²) in [5.74, 6) is -2.72. The summed E-state index contributed by atoms with van der Waals surface area (Å²) in [6.45, 7) is 1.78. The van der Waals surface area contributed by atoms with Gasteiger partial charge in [-0.1, -0.05) is 23.7 Å². The van der Waals surface area contributed by atoms with Crippen LogP contribution < -0.4 is 0 Å². The number of halogens is 4. The van der Waals surface area contributed by atoms with Gasteiger partial charge in [-0.05, 0) is 25.5 Å². The number of rotatable bonds is 4. The van der Waals surface area contributed by atoms with E-state index < -0.39 is 35.2 Å². The first kappa shape index (κ1) is 19.2. The molecule has 1 aromatic rings. The van der Waals surface area contributed by atoms with E-state index in [4.69, 9.17) is 16.3 Å². The summed E-state index contributed by atoms with van der Waals surface area (Å²) in [6, 6.07) is 3.51. The third-order valence-electron chi connectivity index (χ3n) is 3.73. The number of hydrogen-bond donors (Lipinski definition) is 0.